The van der Waals surface area contributed by atoms with Gasteiger partial charge in [0.2, 0.25) is 5.91 Å². The zero-order valence-electron chi connectivity index (χ0n) is 12.2. The number of rotatable bonds is 5. The van der Waals surface area contributed by atoms with Gasteiger partial charge in [-0.1, -0.05) is 28.1 Å². The summed E-state index contributed by atoms with van der Waals surface area (Å²) in [7, 11) is 0. The number of benzene rings is 1. The minimum Gasteiger partial charge on any atom is -0.477 e. The third-order valence-electron chi connectivity index (χ3n) is 3.43. The Morgan fingerprint density at radius 3 is 2.36 bits per heavy atom. The number of carbonyl (C=O) groups excluding carboxylic acids is 1. The second-order valence-electron chi connectivity index (χ2n) is 5.39. The number of thiophene rings is 1. The Bertz CT molecular complexity index is 692. The van der Waals surface area contributed by atoms with Gasteiger partial charge < -0.3 is 10.4 Å². The third-order valence-corrected chi connectivity index (χ3v) is 5.03. The molecule has 1 aromatic carbocycles. The molecule has 0 atom stereocenters. The van der Waals surface area contributed by atoms with Crippen molar-refractivity contribution < 1.29 is 14.7 Å². The highest BCUT2D eigenvalue weighted by atomic mass is 79.9. The summed E-state index contributed by atoms with van der Waals surface area (Å²) in [5.41, 5.74) is 0.263. The van der Waals surface area contributed by atoms with E-state index in [0.717, 1.165) is 14.9 Å². The van der Waals surface area contributed by atoms with Gasteiger partial charge in [-0.2, -0.15) is 0 Å². The van der Waals surface area contributed by atoms with Crippen LogP contribution in [0.4, 0.5) is 0 Å². The smallest absolute Gasteiger partial charge is 0.345 e. The van der Waals surface area contributed by atoms with E-state index in [4.69, 9.17) is 5.11 Å². The summed E-state index contributed by atoms with van der Waals surface area (Å²) in [5, 5.41) is 11.8. The van der Waals surface area contributed by atoms with Crippen molar-refractivity contribution in [3.63, 3.8) is 0 Å². The fourth-order valence-electron chi connectivity index (χ4n) is 1.97. The van der Waals surface area contributed by atoms with Crippen molar-refractivity contribution in [1.29, 1.82) is 0 Å². The largest absolute Gasteiger partial charge is 0.477 e. The number of carbonyl (C=O) groups is 2. The molecule has 0 saturated carbocycles. The first-order valence-corrected chi connectivity index (χ1v) is 8.28. The first-order chi connectivity index (χ1) is 10.3. The van der Waals surface area contributed by atoms with E-state index < -0.39 is 11.4 Å². The normalized spacial score (nSPS) is 11.2. The van der Waals surface area contributed by atoms with Crippen molar-refractivity contribution in [1.82, 2.24) is 5.32 Å². The highest BCUT2D eigenvalue weighted by molar-refractivity contribution is 9.10. The number of carboxylic acids is 1. The molecule has 2 aromatic rings. The van der Waals surface area contributed by atoms with E-state index >= 15 is 0 Å². The van der Waals surface area contributed by atoms with Crippen LogP contribution in [-0.2, 0) is 16.8 Å². The third kappa shape index (κ3) is 3.75. The fourth-order valence-corrected chi connectivity index (χ4v) is 3.02. The second-order valence-corrected chi connectivity index (χ2v) is 7.47. The first kappa shape index (κ1) is 16.7. The Kier molecular flexibility index (Phi) is 5.03. The molecule has 22 heavy (non-hydrogen) atoms. The monoisotopic (exact) mass is 381 g/mol. The van der Waals surface area contributed by atoms with E-state index in [9.17, 15) is 9.59 Å². The van der Waals surface area contributed by atoms with Crippen LogP contribution in [0.5, 0.6) is 0 Å². The van der Waals surface area contributed by atoms with Crippen LogP contribution in [0.25, 0.3) is 0 Å². The summed E-state index contributed by atoms with van der Waals surface area (Å²) in [6.07, 6.45) is 0. The van der Waals surface area contributed by atoms with Crippen LogP contribution in [0.15, 0.2) is 40.9 Å². The average molecular weight is 382 g/mol. The minimum absolute atomic E-state index is 0.0971. The highest BCUT2D eigenvalue weighted by Gasteiger charge is 2.29. The van der Waals surface area contributed by atoms with Crippen molar-refractivity contribution in [2.24, 2.45) is 0 Å². The molecule has 1 aromatic heterocycles. The summed E-state index contributed by atoms with van der Waals surface area (Å²) >= 11 is 4.55. The second kappa shape index (κ2) is 6.62. The van der Waals surface area contributed by atoms with Crippen LogP contribution in [0, 0.1) is 0 Å². The van der Waals surface area contributed by atoms with Crippen molar-refractivity contribution in [3.8, 4) is 0 Å². The fraction of sp³-hybridized carbons (Fsp3) is 0.250. The SMILES string of the molecule is CC(C)(C(=O)NCc1ccc(C(=O)O)s1)c1ccc(Br)cc1. The topological polar surface area (TPSA) is 66.4 Å². The molecule has 4 nitrogen and oxygen atoms in total. The molecule has 2 rings (SSSR count). The molecule has 0 unspecified atom stereocenters. The van der Waals surface area contributed by atoms with E-state index in [-0.39, 0.29) is 10.8 Å². The Labute approximate surface area is 141 Å². The van der Waals surface area contributed by atoms with Gasteiger partial charge in [-0.25, -0.2) is 4.79 Å². The number of amides is 1. The molecule has 1 heterocycles. The van der Waals surface area contributed by atoms with E-state index in [1.54, 1.807) is 12.1 Å². The minimum atomic E-state index is -0.947. The molecule has 2 N–H and O–H groups in total. The van der Waals surface area contributed by atoms with Crippen molar-refractivity contribution in [2.45, 2.75) is 25.8 Å². The standard InChI is InChI=1S/C16H16BrNO3S/c1-16(2,10-3-5-11(17)6-4-10)15(21)18-9-12-7-8-13(22-12)14(19)20/h3-8H,9H2,1-2H3,(H,18,21)(H,19,20). The maximum atomic E-state index is 12.4. The number of nitrogens with one attached hydrogen (secondary N) is 1. The first-order valence-electron chi connectivity index (χ1n) is 6.67. The summed E-state index contributed by atoms with van der Waals surface area (Å²) in [6.45, 7) is 4.06. The predicted molar refractivity (Wildman–Crippen MR) is 90.3 cm³/mol. The number of hydrogen-bond donors (Lipinski definition) is 2. The van der Waals surface area contributed by atoms with Gasteiger partial charge in [-0.05, 0) is 43.7 Å². The Balaban J connectivity index is 2.04. The van der Waals surface area contributed by atoms with E-state index in [1.807, 2.05) is 38.1 Å². The Morgan fingerprint density at radius 2 is 1.82 bits per heavy atom. The van der Waals surface area contributed by atoms with Crippen LogP contribution in [0.3, 0.4) is 0 Å². The number of hydrogen-bond acceptors (Lipinski definition) is 3. The van der Waals surface area contributed by atoms with Gasteiger partial charge in [-0.3, -0.25) is 4.79 Å². The van der Waals surface area contributed by atoms with Crippen LogP contribution in [-0.4, -0.2) is 17.0 Å². The lowest BCUT2D eigenvalue weighted by Crippen LogP contribution is -2.39. The molecule has 6 heteroatoms. The summed E-state index contributed by atoms with van der Waals surface area (Å²) < 4.78 is 0.965. The molecule has 116 valence electrons. The Hall–Kier alpha value is -1.66. The lowest BCUT2D eigenvalue weighted by Gasteiger charge is -2.24. The van der Waals surface area contributed by atoms with Gasteiger partial charge in [0.1, 0.15) is 4.88 Å². The molecule has 0 radical (unpaired) electrons. The van der Waals surface area contributed by atoms with E-state index in [1.165, 1.54) is 11.3 Å². The molecular weight excluding hydrogens is 366 g/mol. The summed E-state index contributed by atoms with van der Waals surface area (Å²) in [6, 6.07) is 10.9. The number of aromatic carboxylic acids is 1. The average Bonchev–Trinajstić information content (AvgIpc) is 2.94. The molecule has 0 aliphatic rings. The van der Waals surface area contributed by atoms with Crippen molar-refractivity contribution >= 4 is 39.1 Å². The molecule has 0 aliphatic carbocycles. The zero-order chi connectivity index (χ0) is 16.3. The van der Waals surface area contributed by atoms with Crippen LogP contribution < -0.4 is 5.32 Å². The maximum Gasteiger partial charge on any atom is 0.345 e. The molecule has 0 bridgehead atoms. The summed E-state index contributed by atoms with van der Waals surface area (Å²) in [5.74, 6) is -1.04. The number of carboxylic acid groups (broad SMARTS) is 1. The molecule has 0 spiro atoms. The zero-order valence-corrected chi connectivity index (χ0v) is 14.6. The van der Waals surface area contributed by atoms with Gasteiger partial charge in [0, 0.05) is 9.35 Å². The van der Waals surface area contributed by atoms with Crippen LogP contribution in [0.2, 0.25) is 0 Å². The number of halogens is 1. The van der Waals surface area contributed by atoms with E-state index in [0.29, 0.717) is 6.54 Å². The molecule has 0 aliphatic heterocycles. The van der Waals surface area contributed by atoms with Crippen molar-refractivity contribution in [2.75, 3.05) is 0 Å². The summed E-state index contributed by atoms with van der Waals surface area (Å²) in [4.78, 5) is 24.4. The van der Waals surface area contributed by atoms with Gasteiger partial charge in [-0.15, -0.1) is 11.3 Å². The van der Waals surface area contributed by atoms with E-state index in [2.05, 4.69) is 21.2 Å². The van der Waals surface area contributed by atoms with Crippen molar-refractivity contribution in [3.05, 3.63) is 56.2 Å². The molecule has 0 saturated heterocycles. The van der Waals surface area contributed by atoms with Gasteiger partial charge >= 0.3 is 5.97 Å². The molecular formula is C16H16BrNO3S. The van der Waals surface area contributed by atoms with Gasteiger partial charge in [0.05, 0.1) is 12.0 Å². The maximum absolute atomic E-state index is 12.4. The van der Waals surface area contributed by atoms with Crippen LogP contribution in [0.1, 0.15) is 34.0 Å². The molecule has 0 fully saturated rings. The van der Waals surface area contributed by atoms with Gasteiger partial charge in [0.15, 0.2) is 0 Å². The lowest BCUT2D eigenvalue weighted by molar-refractivity contribution is -0.125. The predicted octanol–water partition coefficient (Wildman–Crippen LogP) is 3.80. The van der Waals surface area contributed by atoms with Gasteiger partial charge in [0.25, 0.3) is 0 Å². The van der Waals surface area contributed by atoms with Crippen LogP contribution >= 0.6 is 27.3 Å². The quantitative estimate of drug-likeness (QED) is 0.827. The Morgan fingerprint density at radius 1 is 1.18 bits per heavy atom. The highest BCUT2D eigenvalue weighted by Crippen LogP contribution is 2.25. The molecule has 1 amide bonds. The lowest BCUT2D eigenvalue weighted by atomic mass is 9.84.